The first-order valence-corrected chi connectivity index (χ1v) is 6.64. The lowest BCUT2D eigenvalue weighted by Crippen LogP contribution is -2.30. The Kier molecular flexibility index (Phi) is 5.20. The smallest absolute Gasteiger partial charge is 0.306 e. The van der Waals surface area contributed by atoms with E-state index >= 15 is 0 Å². The van der Waals surface area contributed by atoms with Crippen molar-refractivity contribution in [2.45, 2.75) is 18.9 Å². The van der Waals surface area contributed by atoms with Crippen LogP contribution >= 0.6 is 0 Å². The zero-order valence-electron chi connectivity index (χ0n) is 11.2. The maximum Gasteiger partial charge on any atom is 0.306 e. The lowest BCUT2D eigenvalue weighted by atomic mass is 10.1. The van der Waals surface area contributed by atoms with E-state index < -0.39 is 12.1 Å². The number of hydrogen-bond donors (Lipinski definition) is 3. The van der Waals surface area contributed by atoms with Crippen molar-refractivity contribution in [2.24, 2.45) is 0 Å². The van der Waals surface area contributed by atoms with E-state index in [1.807, 2.05) is 18.2 Å². The molecule has 0 fully saturated rings. The summed E-state index contributed by atoms with van der Waals surface area (Å²) in [6.07, 6.45) is -0.319. The van der Waals surface area contributed by atoms with Crippen LogP contribution in [-0.2, 0) is 11.2 Å². The fourth-order valence-corrected chi connectivity index (χ4v) is 2.02. The van der Waals surface area contributed by atoms with Gasteiger partial charge in [-0.15, -0.1) is 0 Å². The third-order valence-electron chi connectivity index (χ3n) is 2.99. The summed E-state index contributed by atoms with van der Waals surface area (Å²) in [4.78, 5) is 10.4. The van der Waals surface area contributed by atoms with Gasteiger partial charge in [0, 0.05) is 6.54 Å². The minimum Gasteiger partial charge on any atom is -0.486 e. The number of benzene rings is 1. The van der Waals surface area contributed by atoms with Crippen molar-refractivity contribution >= 4 is 5.97 Å². The molecule has 1 unspecified atom stereocenters. The van der Waals surface area contributed by atoms with Gasteiger partial charge in [0.2, 0.25) is 0 Å². The summed E-state index contributed by atoms with van der Waals surface area (Å²) in [6, 6.07) is 5.82. The molecule has 6 nitrogen and oxygen atoms in total. The molecule has 0 amide bonds. The number of carboxylic acid groups (broad SMARTS) is 1. The molecule has 110 valence electrons. The van der Waals surface area contributed by atoms with Gasteiger partial charge in [0.15, 0.2) is 11.5 Å². The van der Waals surface area contributed by atoms with Crippen LogP contribution in [0.3, 0.4) is 0 Å². The van der Waals surface area contributed by atoms with Gasteiger partial charge in [-0.3, -0.25) is 4.79 Å². The van der Waals surface area contributed by atoms with Crippen molar-refractivity contribution in [1.29, 1.82) is 0 Å². The van der Waals surface area contributed by atoms with E-state index in [9.17, 15) is 9.90 Å². The van der Waals surface area contributed by atoms with E-state index in [0.29, 0.717) is 19.8 Å². The zero-order valence-corrected chi connectivity index (χ0v) is 11.2. The Morgan fingerprint density at radius 1 is 1.30 bits per heavy atom. The highest BCUT2D eigenvalue weighted by molar-refractivity contribution is 5.67. The van der Waals surface area contributed by atoms with Gasteiger partial charge in [-0.2, -0.15) is 0 Å². The topological polar surface area (TPSA) is 88.0 Å². The molecule has 2 rings (SSSR count). The minimum atomic E-state index is -0.994. The molecule has 1 aromatic rings. The van der Waals surface area contributed by atoms with Gasteiger partial charge in [-0.1, -0.05) is 6.07 Å². The molecule has 0 bridgehead atoms. The summed E-state index contributed by atoms with van der Waals surface area (Å²) >= 11 is 0. The molecule has 1 atom stereocenters. The molecule has 20 heavy (non-hydrogen) atoms. The highest BCUT2D eigenvalue weighted by atomic mass is 16.6. The number of aliphatic carboxylic acids is 1. The SMILES string of the molecule is O=C(O)CC(O)CNCCc1ccc2c(c1)OCCO2. The van der Waals surface area contributed by atoms with Crippen LogP contribution in [0.4, 0.5) is 0 Å². The van der Waals surface area contributed by atoms with Crippen LogP contribution in [0, 0.1) is 0 Å². The Labute approximate surface area is 117 Å². The largest absolute Gasteiger partial charge is 0.486 e. The zero-order chi connectivity index (χ0) is 14.4. The first-order chi connectivity index (χ1) is 9.65. The molecule has 1 heterocycles. The fourth-order valence-electron chi connectivity index (χ4n) is 2.02. The van der Waals surface area contributed by atoms with Crippen molar-refractivity contribution in [1.82, 2.24) is 5.32 Å². The summed E-state index contributed by atoms with van der Waals surface area (Å²) in [6.45, 7) is 2.08. The van der Waals surface area contributed by atoms with Crippen molar-refractivity contribution in [3.8, 4) is 11.5 Å². The van der Waals surface area contributed by atoms with Gasteiger partial charge in [0.25, 0.3) is 0 Å². The van der Waals surface area contributed by atoms with E-state index in [4.69, 9.17) is 14.6 Å². The third-order valence-corrected chi connectivity index (χ3v) is 2.99. The molecule has 1 aromatic carbocycles. The quantitative estimate of drug-likeness (QED) is 0.628. The molecule has 0 saturated carbocycles. The number of rotatable bonds is 7. The summed E-state index contributed by atoms with van der Waals surface area (Å²) in [5, 5.41) is 20.9. The summed E-state index contributed by atoms with van der Waals surface area (Å²) in [5.74, 6) is 0.538. The molecule has 1 aliphatic heterocycles. The van der Waals surface area contributed by atoms with E-state index in [1.54, 1.807) is 0 Å². The first kappa shape index (κ1) is 14.6. The number of aliphatic hydroxyl groups excluding tert-OH is 1. The van der Waals surface area contributed by atoms with Gasteiger partial charge >= 0.3 is 5.97 Å². The van der Waals surface area contributed by atoms with E-state index in [0.717, 1.165) is 23.5 Å². The van der Waals surface area contributed by atoms with E-state index in [1.165, 1.54) is 0 Å². The Hall–Kier alpha value is -1.79. The second-order valence-electron chi connectivity index (χ2n) is 4.68. The first-order valence-electron chi connectivity index (χ1n) is 6.64. The number of carboxylic acids is 1. The van der Waals surface area contributed by atoms with Gasteiger partial charge in [0.05, 0.1) is 12.5 Å². The van der Waals surface area contributed by atoms with Crippen LogP contribution in [0.1, 0.15) is 12.0 Å². The predicted molar refractivity (Wildman–Crippen MR) is 72.3 cm³/mol. The maximum atomic E-state index is 10.4. The maximum absolute atomic E-state index is 10.4. The second kappa shape index (κ2) is 7.12. The Morgan fingerprint density at radius 3 is 2.80 bits per heavy atom. The van der Waals surface area contributed by atoms with Crippen LogP contribution in [-0.4, -0.2) is 48.6 Å². The molecule has 6 heteroatoms. The Bertz CT molecular complexity index is 463. The van der Waals surface area contributed by atoms with Crippen molar-refractivity contribution < 1.29 is 24.5 Å². The molecule has 0 spiro atoms. The van der Waals surface area contributed by atoms with Crippen LogP contribution in [0.25, 0.3) is 0 Å². The van der Waals surface area contributed by atoms with Crippen LogP contribution in [0.5, 0.6) is 11.5 Å². The highest BCUT2D eigenvalue weighted by Gasteiger charge is 2.12. The van der Waals surface area contributed by atoms with Gasteiger partial charge in [-0.05, 0) is 30.7 Å². The predicted octanol–water partition coefficient (Wildman–Crippen LogP) is 0.425. The number of nitrogens with one attached hydrogen (secondary N) is 1. The molecular formula is C14H19NO5. The normalized spacial score (nSPS) is 14.8. The van der Waals surface area contributed by atoms with Crippen LogP contribution < -0.4 is 14.8 Å². The monoisotopic (exact) mass is 281 g/mol. The number of fused-ring (bicyclic) bond motifs is 1. The fraction of sp³-hybridized carbons (Fsp3) is 0.500. The summed E-state index contributed by atoms with van der Waals surface area (Å²) < 4.78 is 10.9. The average Bonchev–Trinajstić information content (AvgIpc) is 2.43. The highest BCUT2D eigenvalue weighted by Crippen LogP contribution is 2.30. The van der Waals surface area contributed by atoms with Gasteiger partial charge in [-0.25, -0.2) is 0 Å². The number of aliphatic hydroxyl groups is 1. The van der Waals surface area contributed by atoms with Gasteiger partial charge in [0.1, 0.15) is 13.2 Å². The summed E-state index contributed by atoms with van der Waals surface area (Å²) in [5.41, 5.74) is 1.11. The number of carbonyl (C=O) groups is 1. The van der Waals surface area contributed by atoms with Crippen molar-refractivity contribution in [2.75, 3.05) is 26.3 Å². The minimum absolute atomic E-state index is 0.239. The Balaban J connectivity index is 1.73. The molecule has 3 N–H and O–H groups in total. The summed E-state index contributed by atoms with van der Waals surface area (Å²) in [7, 11) is 0. The van der Waals surface area contributed by atoms with E-state index in [2.05, 4.69) is 5.32 Å². The number of ether oxygens (including phenoxy) is 2. The molecule has 0 saturated heterocycles. The Morgan fingerprint density at radius 2 is 2.05 bits per heavy atom. The van der Waals surface area contributed by atoms with Crippen LogP contribution in [0.2, 0.25) is 0 Å². The second-order valence-corrected chi connectivity index (χ2v) is 4.68. The van der Waals surface area contributed by atoms with Crippen molar-refractivity contribution in [3.63, 3.8) is 0 Å². The molecular weight excluding hydrogens is 262 g/mol. The lowest BCUT2D eigenvalue weighted by molar-refractivity contribution is -0.139. The molecule has 0 aromatic heterocycles. The standard InChI is InChI=1S/C14H19NO5/c16-11(8-14(17)18)9-15-4-3-10-1-2-12-13(7-10)20-6-5-19-12/h1-2,7,11,15-16H,3-6,8-9H2,(H,17,18). The molecule has 0 aliphatic carbocycles. The van der Waals surface area contributed by atoms with Crippen molar-refractivity contribution in [3.05, 3.63) is 23.8 Å². The van der Waals surface area contributed by atoms with E-state index in [-0.39, 0.29) is 13.0 Å². The number of hydrogen-bond acceptors (Lipinski definition) is 5. The molecule has 1 aliphatic rings. The molecule has 0 radical (unpaired) electrons. The van der Waals surface area contributed by atoms with Crippen LogP contribution in [0.15, 0.2) is 18.2 Å². The van der Waals surface area contributed by atoms with Gasteiger partial charge < -0.3 is 25.0 Å². The lowest BCUT2D eigenvalue weighted by Gasteiger charge is -2.19. The average molecular weight is 281 g/mol. The third kappa shape index (κ3) is 4.40.